The zero-order chi connectivity index (χ0) is 20.1. The highest BCUT2D eigenvalue weighted by Crippen LogP contribution is 2.21. The molecule has 144 valence electrons. The normalized spacial score (nSPS) is 10.5. The molecular formula is C19H18ClN5O2S. The minimum Gasteiger partial charge on any atom is -0.325 e. The molecule has 0 saturated heterocycles. The molecule has 2 amide bonds. The van der Waals surface area contributed by atoms with Gasteiger partial charge in [-0.1, -0.05) is 35.5 Å². The molecule has 0 aliphatic rings. The van der Waals surface area contributed by atoms with Crippen molar-refractivity contribution in [3.05, 3.63) is 64.9 Å². The Morgan fingerprint density at radius 1 is 1.14 bits per heavy atom. The van der Waals surface area contributed by atoms with E-state index in [0.29, 0.717) is 27.1 Å². The van der Waals surface area contributed by atoms with Gasteiger partial charge in [0.1, 0.15) is 6.33 Å². The molecule has 2 aromatic carbocycles. The highest BCUT2D eigenvalue weighted by molar-refractivity contribution is 7.99. The van der Waals surface area contributed by atoms with Gasteiger partial charge in [0.2, 0.25) is 5.91 Å². The van der Waals surface area contributed by atoms with Crippen LogP contribution in [-0.2, 0) is 11.8 Å². The smallest absolute Gasteiger partial charge is 0.255 e. The molecule has 0 unspecified atom stereocenters. The Kier molecular flexibility index (Phi) is 6.33. The fraction of sp³-hybridized carbons (Fsp3) is 0.158. The minimum atomic E-state index is -0.288. The molecular weight excluding hydrogens is 398 g/mol. The summed E-state index contributed by atoms with van der Waals surface area (Å²) in [7, 11) is 1.81. The zero-order valence-electron chi connectivity index (χ0n) is 15.3. The average Bonchev–Trinajstić information content (AvgIpc) is 3.08. The van der Waals surface area contributed by atoms with Gasteiger partial charge in [-0.15, -0.1) is 10.2 Å². The van der Waals surface area contributed by atoms with Crippen molar-refractivity contribution in [1.82, 2.24) is 14.8 Å². The van der Waals surface area contributed by atoms with Crippen LogP contribution in [-0.4, -0.2) is 32.3 Å². The van der Waals surface area contributed by atoms with Crippen LogP contribution in [0.2, 0.25) is 5.02 Å². The minimum absolute atomic E-state index is 0.185. The molecule has 0 bridgehead atoms. The van der Waals surface area contributed by atoms with Gasteiger partial charge in [-0.3, -0.25) is 9.59 Å². The zero-order valence-corrected chi connectivity index (χ0v) is 16.8. The molecule has 0 spiro atoms. The van der Waals surface area contributed by atoms with Crippen molar-refractivity contribution in [3.8, 4) is 0 Å². The largest absolute Gasteiger partial charge is 0.325 e. The number of aromatic nitrogens is 3. The van der Waals surface area contributed by atoms with Crippen molar-refractivity contribution < 1.29 is 9.59 Å². The molecule has 0 aliphatic carbocycles. The van der Waals surface area contributed by atoms with E-state index in [4.69, 9.17) is 11.6 Å². The van der Waals surface area contributed by atoms with Gasteiger partial charge < -0.3 is 15.2 Å². The van der Waals surface area contributed by atoms with Crippen LogP contribution in [0.5, 0.6) is 0 Å². The monoisotopic (exact) mass is 415 g/mol. The van der Waals surface area contributed by atoms with Gasteiger partial charge in [0.25, 0.3) is 5.91 Å². The Bertz CT molecular complexity index is 1020. The molecule has 0 atom stereocenters. The molecule has 3 aromatic rings. The molecule has 28 heavy (non-hydrogen) atoms. The number of rotatable bonds is 6. The van der Waals surface area contributed by atoms with E-state index in [1.807, 2.05) is 20.0 Å². The first kappa shape index (κ1) is 19.9. The summed E-state index contributed by atoms with van der Waals surface area (Å²) in [4.78, 5) is 24.6. The first-order valence-corrected chi connectivity index (χ1v) is 9.73. The van der Waals surface area contributed by atoms with Gasteiger partial charge in [0.15, 0.2) is 5.16 Å². The molecule has 1 heterocycles. The lowest BCUT2D eigenvalue weighted by molar-refractivity contribution is -0.113. The van der Waals surface area contributed by atoms with Crippen LogP contribution >= 0.6 is 23.4 Å². The first-order valence-electron chi connectivity index (χ1n) is 8.36. The number of halogens is 1. The number of hydrogen-bond donors (Lipinski definition) is 2. The Labute approximate surface area is 171 Å². The first-order chi connectivity index (χ1) is 13.4. The molecule has 0 radical (unpaired) electrons. The summed E-state index contributed by atoms with van der Waals surface area (Å²) < 4.78 is 1.74. The van der Waals surface area contributed by atoms with E-state index in [0.717, 1.165) is 5.56 Å². The Morgan fingerprint density at radius 3 is 2.64 bits per heavy atom. The third-order valence-electron chi connectivity index (χ3n) is 3.84. The number of thioether (sulfide) groups is 1. The van der Waals surface area contributed by atoms with Crippen LogP contribution < -0.4 is 10.6 Å². The summed E-state index contributed by atoms with van der Waals surface area (Å²) >= 11 is 7.37. The lowest BCUT2D eigenvalue weighted by Crippen LogP contribution is -2.16. The lowest BCUT2D eigenvalue weighted by atomic mass is 10.1. The van der Waals surface area contributed by atoms with E-state index in [1.54, 1.807) is 47.3 Å². The van der Waals surface area contributed by atoms with E-state index >= 15 is 0 Å². The van der Waals surface area contributed by atoms with Crippen LogP contribution in [0, 0.1) is 6.92 Å². The number of benzene rings is 2. The molecule has 9 heteroatoms. The summed E-state index contributed by atoms with van der Waals surface area (Å²) in [6.45, 7) is 1.89. The topological polar surface area (TPSA) is 88.9 Å². The number of carbonyl (C=O) groups is 2. The Morgan fingerprint density at radius 2 is 1.93 bits per heavy atom. The van der Waals surface area contributed by atoms with Crippen molar-refractivity contribution in [1.29, 1.82) is 0 Å². The molecule has 0 saturated carbocycles. The number of anilines is 2. The summed E-state index contributed by atoms with van der Waals surface area (Å²) in [5, 5.41) is 14.5. The summed E-state index contributed by atoms with van der Waals surface area (Å²) in [5.74, 6) is -0.300. The summed E-state index contributed by atoms with van der Waals surface area (Å²) in [5.41, 5.74) is 2.51. The number of carbonyl (C=O) groups excluding carboxylic acids is 2. The maximum atomic E-state index is 12.5. The maximum Gasteiger partial charge on any atom is 0.255 e. The van der Waals surface area contributed by atoms with Crippen LogP contribution in [0.4, 0.5) is 11.4 Å². The highest BCUT2D eigenvalue weighted by Gasteiger charge is 2.11. The van der Waals surface area contributed by atoms with Gasteiger partial charge in [-0.05, 0) is 42.8 Å². The highest BCUT2D eigenvalue weighted by atomic mass is 35.5. The van der Waals surface area contributed by atoms with Gasteiger partial charge in [0, 0.05) is 29.0 Å². The fourth-order valence-electron chi connectivity index (χ4n) is 2.34. The second kappa shape index (κ2) is 8.90. The molecule has 0 fully saturated rings. The van der Waals surface area contributed by atoms with Gasteiger partial charge in [-0.2, -0.15) is 0 Å². The third kappa shape index (κ3) is 5.11. The SMILES string of the molecule is Cc1ccc(NC(=O)c2cccc(NC(=O)CSc3nncn3C)c2)cc1Cl. The quantitative estimate of drug-likeness (QED) is 0.598. The predicted octanol–water partition coefficient (Wildman–Crippen LogP) is 3.76. The number of hydrogen-bond acceptors (Lipinski definition) is 5. The van der Waals surface area contributed by atoms with E-state index in [-0.39, 0.29) is 17.6 Å². The molecule has 3 rings (SSSR count). The number of amides is 2. The fourth-order valence-corrected chi connectivity index (χ4v) is 3.21. The number of nitrogens with one attached hydrogen (secondary N) is 2. The van der Waals surface area contributed by atoms with Crippen molar-refractivity contribution in [2.75, 3.05) is 16.4 Å². The van der Waals surface area contributed by atoms with E-state index < -0.39 is 0 Å². The van der Waals surface area contributed by atoms with Crippen molar-refractivity contribution in [2.45, 2.75) is 12.1 Å². The second-order valence-corrected chi connectivity index (χ2v) is 7.41. The standard InChI is InChI=1S/C19H18ClN5O2S/c1-12-6-7-15(9-16(12)20)23-18(27)13-4-3-5-14(8-13)22-17(26)10-28-19-24-21-11-25(19)2/h3-9,11H,10H2,1-2H3,(H,22,26)(H,23,27). The summed E-state index contributed by atoms with van der Waals surface area (Å²) in [6.07, 6.45) is 1.57. The number of nitrogens with zero attached hydrogens (tertiary/aromatic N) is 3. The lowest BCUT2D eigenvalue weighted by Gasteiger charge is -2.09. The van der Waals surface area contributed by atoms with Crippen molar-refractivity contribution >= 4 is 46.6 Å². The molecule has 1 aromatic heterocycles. The van der Waals surface area contributed by atoms with Crippen LogP contribution in [0.1, 0.15) is 15.9 Å². The third-order valence-corrected chi connectivity index (χ3v) is 5.28. The molecule has 7 nitrogen and oxygen atoms in total. The van der Waals surface area contributed by atoms with Crippen molar-refractivity contribution in [3.63, 3.8) is 0 Å². The maximum absolute atomic E-state index is 12.5. The van der Waals surface area contributed by atoms with Crippen molar-refractivity contribution in [2.24, 2.45) is 7.05 Å². The van der Waals surface area contributed by atoms with Crippen LogP contribution in [0.3, 0.4) is 0 Å². The van der Waals surface area contributed by atoms with Crippen LogP contribution in [0.25, 0.3) is 0 Å². The predicted molar refractivity (Wildman–Crippen MR) is 111 cm³/mol. The number of aryl methyl sites for hydroxylation is 2. The Balaban J connectivity index is 1.61. The molecule has 0 aliphatic heterocycles. The second-order valence-electron chi connectivity index (χ2n) is 6.06. The van der Waals surface area contributed by atoms with Gasteiger partial charge >= 0.3 is 0 Å². The van der Waals surface area contributed by atoms with Gasteiger partial charge in [-0.25, -0.2) is 0 Å². The van der Waals surface area contributed by atoms with Crippen LogP contribution in [0.15, 0.2) is 53.9 Å². The Hall–Kier alpha value is -2.84. The van der Waals surface area contributed by atoms with E-state index in [2.05, 4.69) is 20.8 Å². The van der Waals surface area contributed by atoms with E-state index in [1.165, 1.54) is 11.8 Å². The summed E-state index contributed by atoms with van der Waals surface area (Å²) in [6, 6.07) is 12.1. The average molecular weight is 416 g/mol. The van der Waals surface area contributed by atoms with Gasteiger partial charge in [0.05, 0.1) is 5.75 Å². The molecule has 2 N–H and O–H groups in total. The van der Waals surface area contributed by atoms with E-state index in [9.17, 15) is 9.59 Å².